The highest BCUT2D eigenvalue weighted by Gasteiger charge is 2.28. The first kappa shape index (κ1) is 17.4. The summed E-state index contributed by atoms with van der Waals surface area (Å²) < 4.78 is 5.07. The number of aliphatic hydroxyl groups excluding tert-OH is 1. The van der Waals surface area contributed by atoms with E-state index >= 15 is 0 Å². The smallest absolute Gasteiger partial charge is 0.251 e. The third kappa shape index (κ3) is 3.82. The number of imidazole rings is 1. The molecule has 0 saturated heterocycles. The normalized spacial score (nSPS) is 15.2. The molecule has 1 amide bonds. The van der Waals surface area contributed by atoms with E-state index in [9.17, 15) is 9.90 Å². The van der Waals surface area contributed by atoms with Gasteiger partial charge in [-0.1, -0.05) is 13.8 Å². The zero-order valence-electron chi connectivity index (χ0n) is 14.8. The van der Waals surface area contributed by atoms with Crippen molar-refractivity contribution < 1.29 is 14.6 Å². The Morgan fingerprint density at radius 1 is 1.44 bits per heavy atom. The van der Waals surface area contributed by atoms with Crippen LogP contribution in [0.25, 0.3) is 11.4 Å². The van der Waals surface area contributed by atoms with E-state index < -0.39 is 6.10 Å². The van der Waals surface area contributed by atoms with E-state index in [2.05, 4.69) is 15.0 Å². The first-order valence-electron chi connectivity index (χ1n) is 8.53. The molecule has 2 aromatic rings. The molecule has 134 valence electrons. The van der Waals surface area contributed by atoms with Gasteiger partial charge in [-0.05, 0) is 18.4 Å². The van der Waals surface area contributed by atoms with Crippen molar-refractivity contribution in [1.29, 1.82) is 0 Å². The number of carbonyl (C=O) groups is 1. The van der Waals surface area contributed by atoms with Crippen LogP contribution in [0.2, 0.25) is 0 Å². The van der Waals surface area contributed by atoms with Crippen LogP contribution in [0, 0.1) is 5.92 Å². The molecule has 7 nitrogen and oxygen atoms in total. The largest absolute Gasteiger partial charge is 0.481 e. The molecule has 0 spiro atoms. The number of nitrogens with one attached hydrogen (secondary N) is 1. The molecule has 0 radical (unpaired) electrons. The summed E-state index contributed by atoms with van der Waals surface area (Å²) >= 11 is 0. The molecular formula is C18H24N4O3. The topological polar surface area (TPSA) is 91.3 Å². The summed E-state index contributed by atoms with van der Waals surface area (Å²) in [6, 6.07) is 3.68. The number of pyridine rings is 1. The van der Waals surface area contributed by atoms with Crippen molar-refractivity contribution in [3.8, 4) is 17.3 Å². The molecule has 3 heterocycles. The lowest BCUT2D eigenvalue weighted by molar-refractivity contribution is -0.142. The molecule has 1 unspecified atom stereocenters. The number of nitrogens with zero attached hydrogens (tertiary/aromatic N) is 3. The maximum absolute atomic E-state index is 12.4. The number of aromatic amines is 1. The van der Waals surface area contributed by atoms with E-state index in [0.717, 1.165) is 22.8 Å². The van der Waals surface area contributed by atoms with Gasteiger partial charge in [-0.3, -0.25) is 4.79 Å². The molecule has 1 atom stereocenters. The number of fused-ring (bicyclic) bond motifs is 1. The van der Waals surface area contributed by atoms with Gasteiger partial charge in [0, 0.05) is 30.8 Å². The quantitative estimate of drug-likeness (QED) is 0.862. The molecule has 3 rings (SSSR count). The molecule has 0 fully saturated rings. The fourth-order valence-corrected chi connectivity index (χ4v) is 3.02. The van der Waals surface area contributed by atoms with Crippen molar-refractivity contribution in [1.82, 2.24) is 19.9 Å². The van der Waals surface area contributed by atoms with Gasteiger partial charge in [0.1, 0.15) is 11.9 Å². The molecule has 2 N–H and O–H groups in total. The van der Waals surface area contributed by atoms with Crippen molar-refractivity contribution in [2.45, 2.75) is 39.3 Å². The third-order valence-corrected chi connectivity index (χ3v) is 4.34. The Labute approximate surface area is 147 Å². The zero-order valence-corrected chi connectivity index (χ0v) is 14.8. The second-order valence-electron chi connectivity index (χ2n) is 6.76. The van der Waals surface area contributed by atoms with Crippen LogP contribution in [-0.4, -0.2) is 50.6 Å². The number of carbonyl (C=O) groups excluding carboxylic acids is 1. The molecular weight excluding hydrogens is 320 g/mol. The molecule has 0 saturated carbocycles. The standard InChI is InChI=1S/C18H24N4O3/c1-11(2)8-15(23)18(24)22-7-6-13-14(10-22)21-17(20-13)12-4-5-16(25-3)19-9-12/h4-5,9,11,15,23H,6-8,10H2,1-3H3,(H,20,21). The van der Waals surface area contributed by atoms with Crippen molar-refractivity contribution >= 4 is 5.91 Å². The monoisotopic (exact) mass is 344 g/mol. The maximum Gasteiger partial charge on any atom is 0.251 e. The zero-order chi connectivity index (χ0) is 18.0. The highest BCUT2D eigenvalue weighted by molar-refractivity contribution is 5.80. The van der Waals surface area contributed by atoms with Gasteiger partial charge < -0.3 is 19.7 Å². The molecule has 0 bridgehead atoms. The lowest BCUT2D eigenvalue weighted by Crippen LogP contribution is -2.42. The summed E-state index contributed by atoms with van der Waals surface area (Å²) in [7, 11) is 1.58. The maximum atomic E-state index is 12.4. The molecule has 1 aliphatic rings. The molecule has 25 heavy (non-hydrogen) atoms. The summed E-state index contributed by atoms with van der Waals surface area (Å²) in [5.74, 6) is 1.36. The Hall–Kier alpha value is -2.41. The second kappa shape index (κ2) is 7.23. The Balaban J connectivity index is 1.73. The number of ether oxygens (including phenoxy) is 1. The number of H-pyrrole nitrogens is 1. The summed E-state index contributed by atoms with van der Waals surface area (Å²) in [6.45, 7) is 5.01. The predicted octanol–water partition coefficient (Wildman–Crippen LogP) is 1.77. The van der Waals surface area contributed by atoms with Gasteiger partial charge in [0.2, 0.25) is 5.88 Å². The first-order chi connectivity index (χ1) is 12.0. The van der Waals surface area contributed by atoms with Crippen molar-refractivity contribution in [2.75, 3.05) is 13.7 Å². The summed E-state index contributed by atoms with van der Waals surface area (Å²) in [6.07, 6.45) is 1.93. The van der Waals surface area contributed by atoms with E-state index in [-0.39, 0.29) is 11.8 Å². The molecule has 0 aliphatic carbocycles. The first-order valence-corrected chi connectivity index (χ1v) is 8.53. The molecule has 7 heteroatoms. The number of aromatic nitrogens is 3. The minimum Gasteiger partial charge on any atom is -0.481 e. The van der Waals surface area contributed by atoms with Gasteiger partial charge in [-0.25, -0.2) is 9.97 Å². The number of hydrogen-bond acceptors (Lipinski definition) is 5. The average molecular weight is 344 g/mol. The van der Waals surface area contributed by atoms with E-state index in [0.29, 0.717) is 31.8 Å². The van der Waals surface area contributed by atoms with E-state index in [1.807, 2.05) is 19.9 Å². The van der Waals surface area contributed by atoms with Crippen LogP contribution >= 0.6 is 0 Å². The number of amides is 1. The lowest BCUT2D eigenvalue weighted by Gasteiger charge is -2.28. The van der Waals surface area contributed by atoms with Crippen LogP contribution in [0.5, 0.6) is 5.88 Å². The highest BCUT2D eigenvalue weighted by Crippen LogP contribution is 2.24. The van der Waals surface area contributed by atoms with Gasteiger partial charge >= 0.3 is 0 Å². The number of methoxy groups -OCH3 is 1. The van der Waals surface area contributed by atoms with Gasteiger partial charge in [0.15, 0.2) is 0 Å². The van der Waals surface area contributed by atoms with Crippen molar-refractivity contribution in [3.63, 3.8) is 0 Å². The van der Waals surface area contributed by atoms with Crippen molar-refractivity contribution in [3.05, 3.63) is 29.7 Å². The second-order valence-corrected chi connectivity index (χ2v) is 6.76. The highest BCUT2D eigenvalue weighted by atomic mass is 16.5. The number of hydrogen-bond donors (Lipinski definition) is 2. The van der Waals surface area contributed by atoms with E-state index in [1.165, 1.54) is 0 Å². The van der Waals surface area contributed by atoms with Crippen molar-refractivity contribution in [2.24, 2.45) is 5.92 Å². The van der Waals surface area contributed by atoms with Gasteiger partial charge in [0.05, 0.1) is 25.0 Å². The van der Waals surface area contributed by atoms with Crippen LogP contribution in [-0.2, 0) is 17.8 Å². The summed E-state index contributed by atoms with van der Waals surface area (Å²) in [5, 5.41) is 10.1. The Morgan fingerprint density at radius 2 is 2.24 bits per heavy atom. The number of rotatable bonds is 5. The average Bonchev–Trinajstić information content (AvgIpc) is 3.03. The third-order valence-electron chi connectivity index (χ3n) is 4.34. The van der Waals surface area contributed by atoms with Gasteiger partial charge in [0.25, 0.3) is 5.91 Å². The predicted molar refractivity (Wildman–Crippen MR) is 93.0 cm³/mol. The minimum absolute atomic E-state index is 0.207. The van der Waals surface area contributed by atoms with Crippen LogP contribution in [0.4, 0.5) is 0 Å². The van der Waals surface area contributed by atoms with Crippen LogP contribution in [0.3, 0.4) is 0 Å². The molecule has 2 aromatic heterocycles. The Bertz CT molecular complexity index is 739. The van der Waals surface area contributed by atoms with Gasteiger partial charge in [-0.2, -0.15) is 0 Å². The fraction of sp³-hybridized carbons (Fsp3) is 0.500. The SMILES string of the molecule is COc1ccc(-c2nc3c([nH]2)CN(C(=O)C(O)CC(C)C)CC3)cn1. The van der Waals surface area contributed by atoms with Crippen LogP contribution in [0.1, 0.15) is 31.7 Å². The molecule has 1 aliphatic heterocycles. The van der Waals surface area contributed by atoms with Crippen LogP contribution < -0.4 is 4.74 Å². The van der Waals surface area contributed by atoms with E-state index in [4.69, 9.17) is 4.74 Å². The Kier molecular flexibility index (Phi) is 5.03. The fourth-order valence-electron chi connectivity index (χ4n) is 3.02. The Morgan fingerprint density at radius 3 is 2.88 bits per heavy atom. The summed E-state index contributed by atoms with van der Waals surface area (Å²) in [4.78, 5) is 26.2. The summed E-state index contributed by atoms with van der Waals surface area (Å²) in [5.41, 5.74) is 2.75. The number of aliphatic hydroxyl groups is 1. The van der Waals surface area contributed by atoms with Crippen LogP contribution in [0.15, 0.2) is 18.3 Å². The molecule has 0 aromatic carbocycles. The lowest BCUT2D eigenvalue weighted by atomic mass is 10.0. The van der Waals surface area contributed by atoms with Gasteiger partial charge in [-0.15, -0.1) is 0 Å². The van der Waals surface area contributed by atoms with E-state index in [1.54, 1.807) is 24.3 Å². The minimum atomic E-state index is -0.935.